The Bertz CT molecular complexity index is 420. The van der Waals surface area contributed by atoms with Gasteiger partial charge in [-0.2, -0.15) is 0 Å². The second kappa shape index (κ2) is 6.56. The first kappa shape index (κ1) is 14.7. The summed E-state index contributed by atoms with van der Waals surface area (Å²) < 4.78 is 0. The molecule has 0 spiro atoms. The van der Waals surface area contributed by atoms with Gasteiger partial charge in [-0.25, -0.2) is 0 Å². The Morgan fingerprint density at radius 3 is 2.56 bits per heavy atom. The Kier molecular flexibility index (Phi) is 5.37. The third-order valence-corrected chi connectivity index (χ3v) is 3.25. The van der Waals surface area contributed by atoms with E-state index in [1.807, 2.05) is 6.92 Å². The Morgan fingerprint density at radius 2 is 2.06 bits per heavy atom. The first-order chi connectivity index (χ1) is 8.49. The van der Waals surface area contributed by atoms with Gasteiger partial charge in [-0.1, -0.05) is 19.3 Å². The van der Waals surface area contributed by atoms with Crippen molar-refractivity contribution in [3.05, 3.63) is 28.6 Å². The molecule has 0 saturated carbocycles. The minimum absolute atomic E-state index is 0.144. The smallest absolute Gasteiger partial charge is 0.0691 e. The fourth-order valence-electron chi connectivity index (χ4n) is 2.58. The SMILES string of the molecule is C#CC(CCC)NC(C)c1c(C)cc(C)nc1C. The lowest BCUT2D eigenvalue weighted by atomic mass is 9.99. The van der Waals surface area contributed by atoms with E-state index in [1.165, 1.54) is 11.1 Å². The van der Waals surface area contributed by atoms with Gasteiger partial charge in [0.2, 0.25) is 0 Å². The molecule has 2 atom stereocenters. The predicted octanol–water partition coefficient (Wildman–Crippen LogP) is 3.46. The summed E-state index contributed by atoms with van der Waals surface area (Å²) in [7, 11) is 0. The van der Waals surface area contributed by atoms with E-state index in [0.29, 0.717) is 0 Å². The third-order valence-electron chi connectivity index (χ3n) is 3.25. The van der Waals surface area contributed by atoms with E-state index in [9.17, 15) is 0 Å². The van der Waals surface area contributed by atoms with Crippen LogP contribution in [0, 0.1) is 33.1 Å². The molecule has 2 unspecified atom stereocenters. The van der Waals surface area contributed by atoms with E-state index in [-0.39, 0.29) is 12.1 Å². The number of aromatic nitrogens is 1. The maximum Gasteiger partial charge on any atom is 0.0691 e. The van der Waals surface area contributed by atoms with Crippen LogP contribution < -0.4 is 5.32 Å². The molecule has 98 valence electrons. The molecule has 2 heteroatoms. The molecule has 1 aromatic heterocycles. The normalized spacial score (nSPS) is 14.0. The van der Waals surface area contributed by atoms with Crippen LogP contribution in [0.5, 0.6) is 0 Å². The molecule has 1 rings (SSSR count). The summed E-state index contributed by atoms with van der Waals surface area (Å²) in [5.74, 6) is 2.82. The van der Waals surface area contributed by atoms with E-state index < -0.39 is 0 Å². The highest BCUT2D eigenvalue weighted by Gasteiger charge is 2.15. The van der Waals surface area contributed by atoms with Crippen LogP contribution in [0.1, 0.15) is 55.2 Å². The molecule has 0 aromatic carbocycles. The van der Waals surface area contributed by atoms with E-state index in [1.54, 1.807) is 0 Å². The zero-order valence-corrected chi connectivity index (χ0v) is 12.2. The van der Waals surface area contributed by atoms with Crippen molar-refractivity contribution in [2.45, 2.75) is 59.5 Å². The van der Waals surface area contributed by atoms with Crippen LogP contribution in [0.3, 0.4) is 0 Å². The van der Waals surface area contributed by atoms with Crippen molar-refractivity contribution in [3.63, 3.8) is 0 Å². The summed E-state index contributed by atoms with van der Waals surface area (Å²) in [6.45, 7) is 10.5. The number of terminal acetylenes is 1. The summed E-state index contributed by atoms with van der Waals surface area (Å²) in [5.41, 5.74) is 4.73. The minimum Gasteiger partial charge on any atom is -0.297 e. The number of hydrogen-bond donors (Lipinski definition) is 1. The van der Waals surface area contributed by atoms with Gasteiger partial charge in [-0.3, -0.25) is 10.3 Å². The van der Waals surface area contributed by atoms with Gasteiger partial charge in [0.25, 0.3) is 0 Å². The molecule has 1 aromatic rings. The Balaban J connectivity index is 2.91. The molecule has 0 fully saturated rings. The summed E-state index contributed by atoms with van der Waals surface area (Å²) in [5, 5.41) is 3.51. The van der Waals surface area contributed by atoms with Gasteiger partial charge in [-0.15, -0.1) is 6.42 Å². The van der Waals surface area contributed by atoms with Crippen molar-refractivity contribution in [2.24, 2.45) is 0 Å². The van der Waals surface area contributed by atoms with Gasteiger partial charge in [0, 0.05) is 17.4 Å². The summed E-state index contributed by atoms with van der Waals surface area (Å²) in [6.07, 6.45) is 7.67. The van der Waals surface area contributed by atoms with E-state index in [0.717, 1.165) is 24.2 Å². The van der Waals surface area contributed by atoms with Crippen LogP contribution in [-0.4, -0.2) is 11.0 Å². The summed E-state index contributed by atoms with van der Waals surface area (Å²) in [6, 6.07) is 2.52. The highest BCUT2D eigenvalue weighted by Crippen LogP contribution is 2.22. The minimum atomic E-state index is 0.144. The maximum atomic E-state index is 5.56. The Morgan fingerprint density at radius 1 is 1.39 bits per heavy atom. The zero-order chi connectivity index (χ0) is 13.7. The Labute approximate surface area is 111 Å². The Hall–Kier alpha value is -1.33. The number of aryl methyl sites for hydroxylation is 3. The second-order valence-corrected chi connectivity index (χ2v) is 4.98. The molecular formula is C16H24N2. The van der Waals surface area contributed by atoms with Crippen LogP contribution in [0.15, 0.2) is 6.07 Å². The zero-order valence-electron chi connectivity index (χ0n) is 12.2. The van der Waals surface area contributed by atoms with Gasteiger partial charge in [0.1, 0.15) is 0 Å². The topological polar surface area (TPSA) is 24.9 Å². The maximum absolute atomic E-state index is 5.56. The van der Waals surface area contributed by atoms with E-state index in [2.05, 4.69) is 50.0 Å². The predicted molar refractivity (Wildman–Crippen MR) is 77.5 cm³/mol. The largest absolute Gasteiger partial charge is 0.297 e. The van der Waals surface area contributed by atoms with Gasteiger partial charge in [0.05, 0.1) is 6.04 Å². The summed E-state index contributed by atoms with van der Waals surface area (Å²) >= 11 is 0. The third kappa shape index (κ3) is 3.58. The van der Waals surface area contributed by atoms with Gasteiger partial charge in [0.15, 0.2) is 0 Å². The molecule has 2 nitrogen and oxygen atoms in total. The first-order valence-electron chi connectivity index (χ1n) is 6.66. The van der Waals surface area contributed by atoms with Crippen LogP contribution in [0.2, 0.25) is 0 Å². The van der Waals surface area contributed by atoms with Crippen molar-refractivity contribution >= 4 is 0 Å². The van der Waals surface area contributed by atoms with Crippen molar-refractivity contribution in [1.82, 2.24) is 10.3 Å². The molecule has 1 heterocycles. The molecule has 0 aliphatic carbocycles. The summed E-state index contributed by atoms with van der Waals surface area (Å²) in [4.78, 5) is 4.54. The lowest BCUT2D eigenvalue weighted by molar-refractivity contribution is 0.491. The van der Waals surface area contributed by atoms with Crippen LogP contribution in [0.4, 0.5) is 0 Å². The highest BCUT2D eigenvalue weighted by molar-refractivity contribution is 5.33. The second-order valence-electron chi connectivity index (χ2n) is 4.98. The monoisotopic (exact) mass is 244 g/mol. The van der Waals surface area contributed by atoms with Crippen LogP contribution in [-0.2, 0) is 0 Å². The number of nitrogens with zero attached hydrogens (tertiary/aromatic N) is 1. The molecule has 0 saturated heterocycles. The fraction of sp³-hybridized carbons (Fsp3) is 0.562. The molecule has 18 heavy (non-hydrogen) atoms. The average Bonchev–Trinajstić information content (AvgIpc) is 2.26. The lowest BCUT2D eigenvalue weighted by Crippen LogP contribution is -2.31. The van der Waals surface area contributed by atoms with Crippen molar-refractivity contribution < 1.29 is 0 Å². The van der Waals surface area contributed by atoms with Crippen molar-refractivity contribution in [1.29, 1.82) is 0 Å². The van der Waals surface area contributed by atoms with Gasteiger partial charge < -0.3 is 0 Å². The van der Waals surface area contributed by atoms with Gasteiger partial charge in [-0.05, 0) is 51.3 Å². The number of pyridine rings is 1. The molecule has 0 aliphatic heterocycles. The van der Waals surface area contributed by atoms with Crippen LogP contribution in [0.25, 0.3) is 0 Å². The number of hydrogen-bond acceptors (Lipinski definition) is 2. The first-order valence-corrected chi connectivity index (χ1v) is 6.66. The standard InChI is InChI=1S/C16H24N2/c1-7-9-15(8-2)18-14(6)16-11(3)10-12(4)17-13(16)5/h2,10,14-15,18H,7,9H2,1,3-6H3. The fourth-order valence-corrected chi connectivity index (χ4v) is 2.58. The molecule has 0 aliphatic rings. The van der Waals surface area contributed by atoms with Crippen LogP contribution >= 0.6 is 0 Å². The van der Waals surface area contributed by atoms with Crippen molar-refractivity contribution in [2.75, 3.05) is 0 Å². The quantitative estimate of drug-likeness (QED) is 0.802. The molecule has 1 N–H and O–H groups in total. The van der Waals surface area contributed by atoms with E-state index >= 15 is 0 Å². The average molecular weight is 244 g/mol. The highest BCUT2D eigenvalue weighted by atomic mass is 14.9. The lowest BCUT2D eigenvalue weighted by Gasteiger charge is -2.22. The van der Waals surface area contributed by atoms with E-state index in [4.69, 9.17) is 6.42 Å². The van der Waals surface area contributed by atoms with Crippen molar-refractivity contribution in [3.8, 4) is 12.3 Å². The number of rotatable bonds is 5. The molecule has 0 bridgehead atoms. The van der Waals surface area contributed by atoms with Gasteiger partial charge >= 0.3 is 0 Å². The molecule has 0 radical (unpaired) electrons. The molecular weight excluding hydrogens is 220 g/mol. The molecule has 0 amide bonds. The number of nitrogens with one attached hydrogen (secondary N) is 1.